The van der Waals surface area contributed by atoms with Crippen LogP contribution in [0, 0.1) is 0 Å². The predicted octanol–water partition coefficient (Wildman–Crippen LogP) is 4.97. The summed E-state index contributed by atoms with van der Waals surface area (Å²) in [5, 5.41) is 10.1. The summed E-state index contributed by atoms with van der Waals surface area (Å²) in [7, 11) is 0. The van der Waals surface area contributed by atoms with E-state index in [1.54, 1.807) is 9.80 Å². The normalized spacial score (nSPS) is 19.5. The summed E-state index contributed by atoms with van der Waals surface area (Å²) in [5.74, 6) is -1.12. The molecule has 0 radical (unpaired) electrons. The Hall–Kier alpha value is -4.33. The first-order valence-electron chi connectivity index (χ1n) is 12.6. The molecule has 2 aliphatic heterocycles. The first-order valence-corrected chi connectivity index (χ1v) is 12.6. The van der Waals surface area contributed by atoms with Gasteiger partial charge in [0, 0.05) is 19.6 Å². The number of carboxylic acids is 1. The summed E-state index contributed by atoms with van der Waals surface area (Å²) in [4.78, 5) is 46.1. The number of rotatable bonds is 4. The molecule has 4 amide bonds. The molecule has 0 aromatic heterocycles. The van der Waals surface area contributed by atoms with Gasteiger partial charge in [0.15, 0.2) is 0 Å². The number of carbonyl (C=O) groups is 3. The van der Waals surface area contributed by atoms with E-state index in [0.717, 1.165) is 18.4 Å². The van der Waals surface area contributed by atoms with E-state index in [9.17, 15) is 19.5 Å². The topological polar surface area (TPSA) is 84.4 Å². The Morgan fingerprint density at radius 1 is 0.730 bits per heavy atom. The first-order chi connectivity index (χ1) is 18.0. The fraction of sp³-hybridized carbons (Fsp3) is 0.276. The Morgan fingerprint density at radius 3 is 1.86 bits per heavy atom. The number of hydrogen-bond acceptors (Lipinski definition) is 3. The van der Waals surface area contributed by atoms with Crippen molar-refractivity contribution in [2.24, 2.45) is 0 Å². The van der Waals surface area contributed by atoms with Crippen molar-refractivity contribution >= 4 is 29.4 Å². The van der Waals surface area contributed by atoms with Crippen molar-refractivity contribution in [1.29, 1.82) is 0 Å². The highest BCUT2D eigenvalue weighted by atomic mass is 16.4. The minimum Gasteiger partial charge on any atom is -0.480 e. The third-order valence-corrected chi connectivity index (χ3v) is 7.08. The third-order valence-electron chi connectivity index (χ3n) is 7.08. The summed E-state index contributed by atoms with van der Waals surface area (Å²) >= 11 is 0. The number of amides is 4. The van der Waals surface area contributed by atoms with Crippen molar-refractivity contribution in [2.75, 3.05) is 31.1 Å². The maximum atomic E-state index is 13.8. The van der Waals surface area contributed by atoms with Crippen molar-refractivity contribution < 1.29 is 19.5 Å². The van der Waals surface area contributed by atoms with E-state index in [2.05, 4.69) is 0 Å². The Bertz CT molecular complexity index is 1200. The largest absolute Gasteiger partial charge is 0.480 e. The zero-order valence-electron chi connectivity index (χ0n) is 20.5. The molecule has 190 valence electrons. The second-order valence-electron chi connectivity index (χ2n) is 9.33. The van der Waals surface area contributed by atoms with Gasteiger partial charge in [-0.2, -0.15) is 0 Å². The smallest absolute Gasteiger partial charge is 0.329 e. The quantitative estimate of drug-likeness (QED) is 0.550. The maximum Gasteiger partial charge on any atom is 0.329 e. The van der Waals surface area contributed by atoms with Gasteiger partial charge in [-0.1, -0.05) is 66.7 Å². The van der Waals surface area contributed by atoms with Gasteiger partial charge in [-0.05, 0) is 42.7 Å². The van der Waals surface area contributed by atoms with Gasteiger partial charge in [-0.25, -0.2) is 14.4 Å². The lowest BCUT2D eigenvalue weighted by Gasteiger charge is -2.43. The molecule has 37 heavy (non-hydrogen) atoms. The molecule has 0 bridgehead atoms. The lowest BCUT2D eigenvalue weighted by molar-refractivity contribution is -0.144. The van der Waals surface area contributed by atoms with Crippen LogP contribution in [0.1, 0.15) is 24.4 Å². The van der Waals surface area contributed by atoms with Crippen LogP contribution in [0.3, 0.4) is 0 Å². The van der Waals surface area contributed by atoms with Gasteiger partial charge >= 0.3 is 18.0 Å². The fourth-order valence-corrected chi connectivity index (χ4v) is 5.24. The number of anilines is 2. The SMILES string of the molecule is O=C(O)[C@@H]1CN(C(=O)N(c2ccccc2)c2ccccc2)CCN1C(=O)N1CCC[C@H]1c1ccccc1. The number of aliphatic carboxylic acids is 1. The number of likely N-dealkylation sites (tertiary alicyclic amines) is 1. The summed E-state index contributed by atoms with van der Waals surface area (Å²) in [6.07, 6.45) is 1.71. The van der Waals surface area contributed by atoms with Crippen LogP contribution in [-0.4, -0.2) is 70.1 Å². The number of piperazine rings is 1. The van der Waals surface area contributed by atoms with Gasteiger partial charge in [0.1, 0.15) is 6.04 Å². The lowest BCUT2D eigenvalue weighted by Crippen LogP contribution is -2.62. The number of hydrogen-bond donors (Lipinski definition) is 1. The molecule has 5 rings (SSSR count). The zero-order chi connectivity index (χ0) is 25.8. The molecule has 1 N–H and O–H groups in total. The van der Waals surface area contributed by atoms with E-state index in [4.69, 9.17) is 0 Å². The van der Waals surface area contributed by atoms with Crippen molar-refractivity contribution in [3.05, 3.63) is 96.6 Å². The molecular formula is C29H30N4O4. The van der Waals surface area contributed by atoms with Crippen LogP contribution in [0.4, 0.5) is 21.0 Å². The molecule has 2 atom stereocenters. The average Bonchev–Trinajstić information content (AvgIpc) is 3.44. The molecule has 0 spiro atoms. The highest BCUT2D eigenvalue weighted by Gasteiger charge is 2.42. The number of benzene rings is 3. The van der Waals surface area contributed by atoms with Gasteiger partial charge in [0.25, 0.3) is 0 Å². The van der Waals surface area contributed by atoms with Crippen LogP contribution >= 0.6 is 0 Å². The van der Waals surface area contributed by atoms with Crippen LogP contribution in [0.15, 0.2) is 91.0 Å². The van der Waals surface area contributed by atoms with Crippen LogP contribution in [0.25, 0.3) is 0 Å². The molecule has 2 fully saturated rings. The average molecular weight is 499 g/mol. The number of para-hydroxylation sites is 2. The highest BCUT2D eigenvalue weighted by molar-refractivity contribution is 6.00. The Labute approximate surface area is 216 Å². The third kappa shape index (κ3) is 5.00. The van der Waals surface area contributed by atoms with Crippen molar-refractivity contribution in [2.45, 2.75) is 24.9 Å². The second kappa shape index (κ2) is 10.7. The standard InChI is InChI=1S/C29H30N4O4/c34-27(35)26-21-30(28(36)33(23-13-6-2-7-14-23)24-15-8-3-9-16-24)19-20-32(26)29(37)31-18-10-17-25(31)22-11-4-1-5-12-22/h1-9,11-16,25-26H,10,17-21H2,(H,34,35)/t25-,26-/m0/s1. The predicted molar refractivity (Wildman–Crippen MR) is 141 cm³/mol. The van der Waals surface area contributed by atoms with E-state index < -0.39 is 12.0 Å². The molecule has 3 aromatic rings. The number of urea groups is 2. The van der Waals surface area contributed by atoms with Crippen LogP contribution in [0.2, 0.25) is 0 Å². The molecular weight excluding hydrogens is 468 g/mol. The maximum absolute atomic E-state index is 13.8. The van der Waals surface area contributed by atoms with Gasteiger partial charge in [0.05, 0.1) is 24.0 Å². The molecule has 2 aliphatic rings. The molecule has 0 saturated carbocycles. The molecule has 0 unspecified atom stereocenters. The fourth-order valence-electron chi connectivity index (χ4n) is 5.24. The molecule has 0 aliphatic carbocycles. The van der Waals surface area contributed by atoms with Gasteiger partial charge in [-0.15, -0.1) is 0 Å². The van der Waals surface area contributed by atoms with Gasteiger partial charge < -0.3 is 19.8 Å². The number of carbonyl (C=O) groups excluding carboxylic acids is 2. The monoisotopic (exact) mass is 498 g/mol. The van der Waals surface area contributed by atoms with E-state index >= 15 is 0 Å². The highest BCUT2D eigenvalue weighted by Crippen LogP contribution is 2.34. The molecule has 2 saturated heterocycles. The first kappa shape index (κ1) is 24.4. The minimum absolute atomic E-state index is 0.0746. The van der Waals surface area contributed by atoms with Crippen LogP contribution < -0.4 is 4.90 Å². The van der Waals surface area contributed by atoms with E-state index in [1.807, 2.05) is 91.0 Å². The Kier molecular flexibility index (Phi) is 7.07. The van der Waals surface area contributed by atoms with Crippen LogP contribution in [-0.2, 0) is 4.79 Å². The van der Waals surface area contributed by atoms with Crippen molar-refractivity contribution in [3.8, 4) is 0 Å². The Balaban J connectivity index is 1.37. The lowest BCUT2D eigenvalue weighted by atomic mass is 10.0. The molecule has 8 nitrogen and oxygen atoms in total. The molecule has 2 heterocycles. The minimum atomic E-state index is -1.13. The summed E-state index contributed by atoms with van der Waals surface area (Å²) in [6.45, 7) is 0.894. The van der Waals surface area contributed by atoms with E-state index in [1.165, 1.54) is 9.80 Å². The van der Waals surface area contributed by atoms with Gasteiger partial charge in [0.2, 0.25) is 0 Å². The second-order valence-corrected chi connectivity index (χ2v) is 9.33. The van der Waals surface area contributed by atoms with E-state index in [-0.39, 0.29) is 37.7 Å². The zero-order valence-corrected chi connectivity index (χ0v) is 20.5. The van der Waals surface area contributed by atoms with Gasteiger partial charge in [-0.3, -0.25) is 4.90 Å². The Morgan fingerprint density at radius 2 is 1.30 bits per heavy atom. The summed E-state index contributed by atoms with van der Waals surface area (Å²) in [5.41, 5.74) is 2.43. The number of carboxylic acid groups (broad SMARTS) is 1. The summed E-state index contributed by atoms with van der Waals surface area (Å²) in [6, 6.07) is 26.6. The number of nitrogens with zero attached hydrogens (tertiary/aromatic N) is 4. The van der Waals surface area contributed by atoms with Crippen molar-refractivity contribution in [3.63, 3.8) is 0 Å². The van der Waals surface area contributed by atoms with Crippen molar-refractivity contribution in [1.82, 2.24) is 14.7 Å². The molecule has 3 aromatic carbocycles. The summed E-state index contributed by atoms with van der Waals surface area (Å²) < 4.78 is 0. The molecule has 8 heteroatoms. The van der Waals surface area contributed by atoms with E-state index in [0.29, 0.717) is 17.9 Å². The van der Waals surface area contributed by atoms with Crippen LogP contribution in [0.5, 0.6) is 0 Å².